The topological polar surface area (TPSA) is 67.8 Å². The first-order chi connectivity index (χ1) is 9.25. The standard InChI is InChI=1S/C12H7ClN4OS/c13-11-8-4-2-1-3-7(8)9(5-14-11)12(18)16-10-6-15-17-19-10/h1-6H,(H,16,18). The van der Waals surface area contributed by atoms with Crippen molar-refractivity contribution in [3.05, 3.63) is 47.4 Å². The van der Waals surface area contributed by atoms with Gasteiger partial charge in [-0.25, -0.2) is 4.98 Å². The molecule has 2 heterocycles. The second kappa shape index (κ2) is 4.91. The molecule has 2 aromatic heterocycles. The maximum atomic E-state index is 12.2. The van der Waals surface area contributed by atoms with Crippen molar-refractivity contribution >= 4 is 44.8 Å². The van der Waals surface area contributed by atoms with Crippen molar-refractivity contribution in [2.24, 2.45) is 0 Å². The zero-order valence-corrected chi connectivity index (χ0v) is 11.1. The lowest BCUT2D eigenvalue weighted by atomic mass is 10.1. The number of anilines is 1. The lowest BCUT2D eigenvalue weighted by molar-refractivity contribution is 0.102. The van der Waals surface area contributed by atoms with Crippen molar-refractivity contribution in [2.75, 3.05) is 5.32 Å². The van der Waals surface area contributed by atoms with Crippen molar-refractivity contribution in [2.45, 2.75) is 0 Å². The fourth-order valence-corrected chi connectivity index (χ4v) is 2.37. The summed E-state index contributed by atoms with van der Waals surface area (Å²) in [6.45, 7) is 0. The van der Waals surface area contributed by atoms with Crippen LogP contribution in [0.25, 0.3) is 10.8 Å². The van der Waals surface area contributed by atoms with Gasteiger partial charge in [-0.15, -0.1) is 5.10 Å². The minimum Gasteiger partial charge on any atom is -0.311 e. The molecule has 3 rings (SSSR count). The summed E-state index contributed by atoms with van der Waals surface area (Å²) in [7, 11) is 0. The van der Waals surface area contributed by atoms with E-state index in [9.17, 15) is 4.79 Å². The van der Waals surface area contributed by atoms with Gasteiger partial charge >= 0.3 is 0 Å². The molecule has 0 saturated carbocycles. The van der Waals surface area contributed by atoms with Crippen LogP contribution in [-0.4, -0.2) is 20.5 Å². The number of carbonyl (C=O) groups is 1. The molecule has 0 aliphatic carbocycles. The first kappa shape index (κ1) is 12.0. The van der Waals surface area contributed by atoms with Gasteiger partial charge in [0.05, 0.1) is 11.8 Å². The largest absolute Gasteiger partial charge is 0.311 e. The molecule has 0 atom stereocenters. The summed E-state index contributed by atoms with van der Waals surface area (Å²) < 4.78 is 3.69. The highest BCUT2D eigenvalue weighted by Crippen LogP contribution is 2.25. The molecule has 0 bridgehead atoms. The fourth-order valence-electron chi connectivity index (χ4n) is 1.74. The molecular formula is C12H7ClN4OS. The van der Waals surface area contributed by atoms with Crippen LogP contribution >= 0.6 is 23.1 Å². The van der Waals surface area contributed by atoms with Crippen molar-refractivity contribution < 1.29 is 4.79 Å². The van der Waals surface area contributed by atoms with Gasteiger partial charge in [0.15, 0.2) is 0 Å². The van der Waals surface area contributed by atoms with E-state index in [1.165, 1.54) is 12.4 Å². The van der Waals surface area contributed by atoms with E-state index in [0.29, 0.717) is 15.7 Å². The SMILES string of the molecule is O=C(Nc1cnns1)c1cnc(Cl)c2ccccc12. The number of hydrogen-bond donors (Lipinski definition) is 1. The van der Waals surface area contributed by atoms with Crippen LogP contribution in [0.4, 0.5) is 5.00 Å². The zero-order valence-electron chi connectivity index (χ0n) is 9.50. The summed E-state index contributed by atoms with van der Waals surface area (Å²) in [6, 6.07) is 7.37. The van der Waals surface area contributed by atoms with Gasteiger partial charge in [0.1, 0.15) is 10.2 Å². The lowest BCUT2D eigenvalue weighted by Gasteiger charge is -2.06. The predicted molar refractivity (Wildman–Crippen MR) is 74.6 cm³/mol. The van der Waals surface area contributed by atoms with Crippen molar-refractivity contribution in [3.63, 3.8) is 0 Å². The van der Waals surface area contributed by atoms with Crippen LogP contribution in [0.3, 0.4) is 0 Å². The number of rotatable bonds is 2. The smallest absolute Gasteiger partial charge is 0.258 e. The molecule has 1 amide bonds. The van der Waals surface area contributed by atoms with Gasteiger partial charge in [-0.05, 0) is 5.39 Å². The van der Waals surface area contributed by atoms with E-state index in [0.717, 1.165) is 22.3 Å². The second-order valence-electron chi connectivity index (χ2n) is 3.74. The Labute approximate surface area is 117 Å². The second-order valence-corrected chi connectivity index (χ2v) is 4.89. The monoisotopic (exact) mass is 290 g/mol. The Balaban J connectivity index is 2.05. The summed E-state index contributed by atoms with van der Waals surface area (Å²) in [5.74, 6) is -0.258. The number of carbonyl (C=O) groups excluding carboxylic acids is 1. The normalized spacial score (nSPS) is 10.6. The van der Waals surface area contributed by atoms with Gasteiger partial charge in [-0.3, -0.25) is 4.79 Å². The third kappa shape index (κ3) is 2.27. The summed E-state index contributed by atoms with van der Waals surface area (Å²) in [5, 5.41) is 8.86. The molecule has 94 valence electrons. The maximum Gasteiger partial charge on any atom is 0.258 e. The molecule has 7 heteroatoms. The third-order valence-corrected chi connectivity index (χ3v) is 3.47. The molecule has 3 aromatic rings. The van der Waals surface area contributed by atoms with E-state index < -0.39 is 0 Å². The number of nitrogens with one attached hydrogen (secondary N) is 1. The Hall–Kier alpha value is -2.05. The number of nitrogens with zero attached hydrogens (tertiary/aromatic N) is 3. The first-order valence-corrected chi connectivity index (χ1v) is 6.53. The number of pyridine rings is 1. The Morgan fingerprint density at radius 2 is 2.00 bits per heavy atom. The van der Waals surface area contributed by atoms with Crippen LogP contribution in [0.15, 0.2) is 36.7 Å². The van der Waals surface area contributed by atoms with Crippen LogP contribution in [0, 0.1) is 0 Å². The number of hydrogen-bond acceptors (Lipinski definition) is 5. The van der Waals surface area contributed by atoms with E-state index in [1.807, 2.05) is 24.3 Å². The molecule has 1 N–H and O–H groups in total. The minimum atomic E-state index is -0.258. The molecule has 0 fully saturated rings. The van der Waals surface area contributed by atoms with Crippen LogP contribution < -0.4 is 5.32 Å². The van der Waals surface area contributed by atoms with Gasteiger partial charge in [0.25, 0.3) is 5.91 Å². The highest BCUT2D eigenvalue weighted by atomic mass is 35.5. The quantitative estimate of drug-likeness (QED) is 0.737. The Kier molecular flexibility index (Phi) is 3.10. The Morgan fingerprint density at radius 3 is 2.74 bits per heavy atom. The van der Waals surface area contributed by atoms with Crippen LogP contribution in [-0.2, 0) is 0 Å². The molecule has 5 nitrogen and oxygen atoms in total. The molecule has 1 aromatic carbocycles. The van der Waals surface area contributed by atoms with Crippen LogP contribution in [0.1, 0.15) is 10.4 Å². The number of halogens is 1. The van der Waals surface area contributed by atoms with Gasteiger partial charge in [0.2, 0.25) is 0 Å². The van der Waals surface area contributed by atoms with Crippen LogP contribution in [0.2, 0.25) is 5.15 Å². The highest BCUT2D eigenvalue weighted by Gasteiger charge is 2.13. The first-order valence-electron chi connectivity index (χ1n) is 5.37. The van der Waals surface area contributed by atoms with Crippen molar-refractivity contribution in [1.82, 2.24) is 14.6 Å². The van der Waals surface area contributed by atoms with Crippen molar-refractivity contribution in [3.8, 4) is 0 Å². The molecule has 0 unspecified atom stereocenters. The Morgan fingerprint density at radius 1 is 1.21 bits per heavy atom. The summed E-state index contributed by atoms with van der Waals surface area (Å²) in [4.78, 5) is 16.2. The summed E-state index contributed by atoms with van der Waals surface area (Å²) in [5.41, 5.74) is 0.466. The van der Waals surface area contributed by atoms with E-state index in [-0.39, 0.29) is 5.91 Å². The van der Waals surface area contributed by atoms with E-state index in [1.54, 1.807) is 0 Å². The summed E-state index contributed by atoms with van der Waals surface area (Å²) in [6.07, 6.45) is 2.96. The predicted octanol–water partition coefficient (Wildman–Crippen LogP) is 2.99. The molecular weight excluding hydrogens is 284 g/mol. The van der Waals surface area contributed by atoms with Gasteiger partial charge in [0, 0.05) is 23.1 Å². The Bertz CT molecular complexity index is 745. The summed E-state index contributed by atoms with van der Waals surface area (Å²) >= 11 is 7.13. The number of fused-ring (bicyclic) bond motifs is 1. The fraction of sp³-hybridized carbons (Fsp3) is 0. The molecule has 0 spiro atoms. The number of amides is 1. The molecule has 0 radical (unpaired) electrons. The average Bonchev–Trinajstić information content (AvgIpc) is 2.92. The third-order valence-electron chi connectivity index (χ3n) is 2.59. The lowest BCUT2D eigenvalue weighted by Crippen LogP contribution is -2.12. The number of benzene rings is 1. The number of aromatic nitrogens is 3. The molecule has 0 saturated heterocycles. The van der Waals surface area contributed by atoms with E-state index >= 15 is 0 Å². The highest BCUT2D eigenvalue weighted by molar-refractivity contribution is 7.10. The van der Waals surface area contributed by atoms with Gasteiger partial charge < -0.3 is 5.32 Å². The average molecular weight is 291 g/mol. The molecule has 19 heavy (non-hydrogen) atoms. The molecule has 0 aliphatic rings. The van der Waals surface area contributed by atoms with Crippen molar-refractivity contribution in [1.29, 1.82) is 0 Å². The van der Waals surface area contributed by atoms with Gasteiger partial charge in [-0.1, -0.05) is 40.4 Å². The van der Waals surface area contributed by atoms with Crippen LogP contribution in [0.5, 0.6) is 0 Å². The maximum absolute atomic E-state index is 12.2. The van der Waals surface area contributed by atoms with E-state index in [2.05, 4.69) is 19.9 Å². The van der Waals surface area contributed by atoms with Gasteiger partial charge in [-0.2, -0.15) is 0 Å². The molecule has 0 aliphatic heterocycles. The van der Waals surface area contributed by atoms with E-state index in [4.69, 9.17) is 11.6 Å². The zero-order chi connectivity index (χ0) is 13.2. The minimum absolute atomic E-state index is 0.258.